The number of benzene rings is 2. The van der Waals surface area contributed by atoms with Crippen LogP contribution in [0.1, 0.15) is 55.4 Å². The quantitative estimate of drug-likeness (QED) is 0.135. The second-order valence-electron chi connectivity index (χ2n) is 11.0. The Balaban J connectivity index is 0.000000700. The number of nitrogens with zero attached hydrogens (tertiary/aromatic N) is 6. The van der Waals surface area contributed by atoms with Crippen molar-refractivity contribution in [3.05, 3.63) is 66.0 Å². The van der Waals surface area contributed by atoms with Crippen LogP contribution >= 0.6 is 0 Å². The predicted molar refractivity (Wildman–Crippen MR) is 159 cm³/mol. The highest BCUT2D eigenvalue weighted by atomic mass is 35.7. The maximum Gasteiger partial charge on any atom is 0.371 e. The van der Waals surface area contributed by atoms with Crippen LogP contribution in [0.5, 0.6) is 0 Å². The van der Waals surface area contributed by atoms with Gasteiger partial charge in [0.05, 0.1) is 4.80 Å². The molecule has 1 heterocycles. The predicted octanol–water partition coefficient (Wildman–Crippen LogP) is -4.27. The molecule has 48 heavy (non-hydrogen) atoms. The van der Waals surface area contributed by atoms with Crippen LogP contribution in [0.4, 0.5) is 11.4 Å². The molecule has 0 radical (unpaired) electrons. The number of aromatic nitrogens is 3. The monoisotopic (exact) mass is 710 g/mol. The van der Waals surface area contributed by atoms with Crippen molar-refractivity contribution in [2.24, 2.45) is 0 Å². The van der Waals surface area contributed by atoms with E-state index in [1.54, 1.807) is 0 Å². The van der Waals surface area contributed by atoms with Gasteiger partial charge < -0.3 is 9.80 Å². The van der Waals surface area contributed by atoms with E-state index in [0.29, 0.717) is 0 Å². The minimum atomic E-state index is -4.94. The SMILES string of the molecule is CCN(CC)c1c(-[n+]2nc(-c3ccccc3)c(N(C(C)C)C(C)C)c(-c3ccccc3)n2)c1=[N+](CC)CC.[O-][Cl+3]([O-])([O-])[O-].[O-][Cl+3]([O-])([O-])[O-]. The molecule has 4 aromatic rings. The molecule has 0 saturated heterocycles. The van der Waals surface area contributed by atoms with E-state index in [9.17, 15) is 0 Å². The van der Waals surface area contributed by atoms with Gasteiger partial charge in [0.15, 0.2) is 11.4 Å². The highest BCUT2D eigenvalue weighted by Gasteiger charge is 2.45. The number of hydrogen-bond acceptors (Lipinski definition) is 12. The Kier molecular flexibility index (Phi) is 15.3. The number of rotatable bonds is 11. The summed E-state index contributed by atoms with van der Waals surface area (Å²) in [5, 5.41) is 11.9. The van der Waals surface area contributed by atoms with Crippen molar-refractivity contribution in [3.63, 3.8) is 0 Å². The van der Waals surface area contributed by atoms with Crippen LogP contribution in [0.15, 0.2) is 60.7 Å². The van der Waals surface area contributed by atoms with Crippen molar-refractivity contribution < 1.29 is 62.6 Å². The van der Waals surface area contributed by atoms with Crippen molar-refractivity contribution in [2.75, 3.05) is 36.0 Å². The Morgan fingerprint density at radius 3 is 1.27 bits per heavy atom. The zero-order chi connectivity index (χ0) is 36.4. The largest absolute Gasteiger partial charge is 0.371 e. The second kappa shape index (κ2) is 17.9. The van der Waals surface area contributed by atoms with Crippen LogP contribution in [0.2, 0.25) is 0 Å². The van der Waals surface area contributed by atoms with Gasteiger partial charge >= 0.3 is 11.0 Å². The van der Waals surface area contributed by atoms with Gasteiger partial charge in [-0.25, -0.2) is 41.8 Å². The van der Waals surface area contributed by atoms with Gasteiger partial charge in [0.2, 0.25) is 5.69 Å². The van der Waals surface area contributed by atoms with Gasteiger partial charge in [-0.1, -0.05) is 60.7 Å². The van der Waals surface area contributed by atoms with Crippen molar-refractivity contribution >= 4 is 11.4 Å². The van der Waals surface area contributed by atoms with Crippen LogP contribution in [0.3, 0.4) is 0 Å². The summed E-state index contributed by atoms with van der Waals surface area (Å²) in [6, 6.07) is 21.7. The van der Waals surface area contributed by atoms with Gasteiger partial charge in [0, 0.05) is 46.5 Å². The summed E-state index contributed by atoms with van der Waals surface area (Å²) < 4.78 is 70.4. The fraction of sp³-hybridized carbons (Fsp3) is 0.438. The fourth-order valence-corrected chi connectivity index (χ4v) is 5.48. The molecule has 16 heteroatoms. The van der Waals surface area contributed by atoms with E-state index < -0.39 is 20.5 Å². The highest BCUT2D eigenvalue weighted by molar-refractivity contribution is 5.86. The van der Waals surface area contributed by atoms with Gasteiger partial charge in [-0.2, -0.15) is 0 Å². The van der Waals surface area contributed by atoms with Gasteiger partial charge in [-0.05, 0) is 55.4 Å². The fourth-order valence-electron chi connectivity index (χ4n) is 5.48. The van der Waals surface area contributed by atoms with Crippen molar-refractivity contribution in [1.29, 1.82) is 0 Å². The minimum Gasteiger partial charge on any atom is -0.363 e. The van der Waals surface area contributed by atoms with Crippen LogP contribution in [0, 0.1) is 20.5 Å². The summed E-state index contributed by atoms with van der Waals surface area (Å²) in [5.41, 5.74) is 7.56. The maximum absolute atomic E-state index is 8.49. The molecule has 0 N–H and O–H groups in total. The van der Waals surface area contributed by atoms with Crippen LogP contribution in [-0.2, 0) is 0 Å². The molecule has 264 valence electrons. The first-order valence-electron chi connectivity index (χ1n) is 15.5. The average molecular weight is 712 g/mol. The average Bonchev–Trinajstić information content (AvgIpc) is 3.72. The lowest BCUT2D eigenvalue weighted by Crippen LogP contribution is -2.68. The lowest BCUT2D eigenvalue weighted by molar-refractivity contribution is -2.00. The molecule has 0 unspecified atom stereocenters. The molecule has 4 rings (SSSR count). The van der Waals surface area contributed by atoms with Crippen molar-refractivity contribution in [1.82, 2.24) is 14.8 Å². The summed E-state index contributed by atoms with van der Waals surface area (Å²) in [5.74, 6) is 0. The van der Waals surface area contributed by atoms with E-state index in [1.807, 2.05) is 4.80 Å². The van der Waals surface area contributed by atoms with Crippen LogP contribution in [-0.4, -0.2) is 48.5 Å². The van der Waals surface area contributed by atoms with E-state index in [4.69, 9.17) is 47.5 Å². The smallest absolute Gasteiger partial charge is 0.363 e. The molecule has 14 nitrogen and oxygen atoms in total. The second-order valence-corrected chi connectivity index (χ2v) is 12.5. The summed E-state index contributed by atoms with van der Waals surface area (Å²) in [4.78, 5) is 6.79. The van der Waals surface area contributed by atoms with Crippen LogP contribution in [0.25, 0.3) is 28.2 Å². The molecule has 1 aromatic heterocycles. The van der Waals surface area contributed by atoms with E-state index in [-0.39, 0.29) is 12.1 Å². The number of hydrogen-bond donors (Lipinski definition) is 0. The molecular formula is C32H44Cl2N6O8. The summed E-state index contributed by atoms with van der Waals surface area (Å²) in [6.07, 6.45) is 0. The lowest BCUT2D eigenvalue weighted by atomic mass is 10.0. The zero-order valence-electron chi connectivity index (χ0n) is 28.5. The first-order valence-corrected chi connectivity index (χ1v) is 17.9. The van der Waals surface area contributed by atoms with Gasteiger partial charge in [-0.3, -0.25) is 0 Å². The lowest BCUT2D eigenvalue weighted by Gasteiger charge is -2.34. The molecule has 0 spiro atoms. The zero-order valence-corrected chi connectivity index (χ0v) is 30.0. The molecule has 0 saturated carbocycles. The molecule has 0 bridgehead atoms. The van der Waals surface area contributed by atoms with E-state index >= 15 is 0 Å². The Hall–Kier alpha value is -3.28. The molecule has 0 aliphatic rings. The van der Waals surface area contributed by atoms with E-state index in [0.717, 1.165) is 60.1 Å². The van der Waals surface area contributed by atoms with Gasteiger partial charge in [-0.15, -0.1) is 20.5 Å². The highest BCUT2D eigenvalue weighted by Crippen LogP contribution is 2.38. The Bertz CT molecular complexity index is 1480. The molecule has 0 amide bonds. The first-order chi connectivity index (χ1) is 22.4. The summed E-state index contributed by atoms with van der Waals surface area (Å²) in [6.45, 7) is 21.7. The molecule has 0 atom stereocenters. The number of anilines is 2. The van der Waals surface area contributed by atoms with Gasteiger partial charge in [0.25, 0.3) is 0 Å². The molecule has 0 aliphatic heterocycles. The van der Waals surface area contributed by atoms with E-state index in [2.05, 4.69) is 130 Å². The Morgan fingerprint density at radius 2 is 0.979 bits per heavy atom. The molecule has 0 aliphatic carbocycles. The summed E-state index contributed by atoms with van der Waals surface area (Å²) in [7, 11) is -9.89. The third-order valence-corrected chi connectivity index (χ3v) is 7.27. The third kappa shape index (κ3) is 12.0. The maximum atomic E-state index is 8.49. The van der Waals surface area contributed by atoms with Gasteiger partial charge in [0.1, 0.15) is 18.8 Å². The van der Waals surface area contributed by atoms with E-state index in [1.165, 1.54) is 11.0 Å². The minimum absolute atomic E-state index is 0.281. The Morgan fingerprint density at radius 1 is 0.625 bits per heavy atom. The third-order valence-electron chi connectivity index (χ3n) is 7.27. The van der Waals surface area contributed by atoms with Crippen molar-refractivity contribution in [3.8, 4) is 28.2 Å². The molecular weight excluding hydrogens is 667 g/mol. The first kappa shape index (κ1) is 40.9. The van der Waals surface area contributed by atoms with Crippen LogP contribution < -0.4 is 61.8 Å². The molecule has 0 fully saturated rings. The normalized spacial score (nSPS) is 11.6. The standard InChI is InChI=1S/C32H44N6.2ClHO4/c1-9-35(10-2)30-31(36(11-3)12-4)32(30)38-33-27(25-19-15-13-16-20-25)29(37(23(5)6)24(7)8)28(34-38)26-21-17-14-18-22-26;2*2-1(3,4)5/h13-24H,9-12H2,1-8H3;2*(H,2,3,4,5)/q+2;;/p-2. The van der Waals surface area contributed by atoms with Crippen molar-refractivity contribution in [2.45, 2.75) is 67.5 Å². The number of halogens is 2. The topological polar surface area (TPSA) is 224 Å². The summed E-state index contributed by atoms with van der Waals surface area (Å²) >= 11 is 0. The Labute approximate surface area is 285 Å². The molecule has 3 aromatic carbocycles.